The number of amides is 1. The number of ether oxygens (including phenoxy) is 3. The van der Waals surface area contributed by atoms with Gasteiger partial charge in [0.2, 0.25) is 0 Å². The van der Waals surface area contributed by atoms with Crippen molar-refractivity contribution in [1.29, 1.82) is 0 Å². The summed E-state index contributed by atoms with van der Waals surface area (Å²) in [7, 11) is 1.35. The Morgan fingerprint density at radius 2 is 2.12 bits per heavy atom. The minimum Gasteiger partial charge on any atom is -0.466 e. The first-order valence-electron chi connectivity index (χ1n) is 8.63. The van der Waals surface area contributed by atoms with Gasteiger partial charge in [-0.25, -0.2) is 9.59 Å². The number of methoxy groups -OCH3 is 1. The molecule has 0 spiro atoms. The molecule has 0 radical (unpaired) electrons. The van der Waals surface area contributed by atoms with E-state index >= 15 is 0 Å². The summed E-state index contributed by atoms with van der Waals surface area (Å²) in [5.41, 5.74) is 1.56. The number of nitrogens with one attached hydrogen (secondary N) is 1. The summed E-state index contributed by atoms with van der Waals surface area (Å²) in [6, 6.07) is 0. The Morgan fingerprint density at radius 1 is 1.33 bits per heavy atom. The van der Waals surface area contributed by atoms with Crippen LogP contribution in [0.15, 0.2) is 23.5 Å². The Bertz CT molecular complexity index is 526. The van der Waals surface area contributed by atoms with Gasteiger partial charge in [-0.15, -0.1) is 0 Å². The summed E-state index contributed by atoms with van der Waals surface area (Å²) in [6.45, 7) is 4.71. The van der Waals surface area contributed by atoms with Crippen molar-refractivity contribution >= 4 is 12.1 Å². The van der Waals surface area contributed by atoms with Crippen LogP contribution < -0.4 is 5.32 Å². The number of unbranched alkanes of at least 4 members (excludes halogenated alkanes) is 3. The van der Waals surface area contributed by atoms with Crippen molar-refractivity contribution in [2.75, 3.05) is 13.7 Å². The number of carbonyl (C=O) groups excluding carboxylic acids is 2. The Labute approximate surface area is 143 Å². The number of rotatable bonds is 7. The summed E-state index contributed by atoms with van der Waals surface area (Å²) in [6.07, 6.45) is 7.31. The maximum atomic E-state index is 12.0. The lowest BCUT2D eigenvalue weighted by Gasteiger charge is -2.33. The molecular weight excluding hydrogens is 310 g/mol. The van der Waals surface area contributed by atoms with E-state index in [0.29, 0.717) is 12.1 Å². The van der Waals surface area contributed by atoms with E-state index < -0.39 is 18.4 Å². The van der Waals surface area contributed by atoms with Crippen molar-refractivity contribution in [1.82, 2.24) is 5.32 Å². The van der Waals surface area contributed by atoms with Gasteiger partial charge in [-0.05, 0) is 19.8 Å². The van der Waals surface area contributed by atoms with Gasteiger partial charge in [0.15, 0.2) is 0 Å². The minimum atomic E-state index is -0.710. The average Bonchev–Trinajstić information content (AvgIpc) is 2.97. The molecule has 2 aliphatic rings. The van der Waals surface area contributed by atoms with E-state index in [-0.39, 0.29) is 11.8 Å². The van der Waals surface area contributed by atoms with Crippen LogP contribution in [0.25, 0.3) is 0 Å². The van der Waals surface area contributed by atoms with Crippen molar-refractivity contribution < 1.29 is 23.8 Å². The van der Waals surface area contributed by atoms with Gasteiger partial charge >= 0.3 is 12.1 Å². The molecule has 1 heterocycles. The van der Waals surface area contributed by atoms with Crippen LogP contribution in [0.5, 0.6) is 0 Å². The molecule has 0 saturated carbocycles. The molecule has 134 valence electrons. The van der Waals surface area contributed by atoms with Crippen molar-refractivity contribution in [3.8, 4) is 0 Å². The first-order valence-corrected chi connectivity index (χ1v) is 8.63. The van der Waals surface area contributed by atoms with Crippen LogP contribution in [-0.4, -0.2) is 32.0 Å². The molecule has 0 aromatic carbocycles. The zero-order valence-electron chi connectivity index (χ0n) is 14.7. The van der Waals surface area contributed by atoms with Crippen LogP contribution in [0.2, 0.25) is 0 Å². The predicted molar refractivity (Wildman–Crippen MR) is 89.0 cm³/mol. The molecule has 0 saturated heterocycles. The molecule has 24 heavy (non-hydrogen) atoms. The maximum absolute atomic E-state index is 12.0. The number of fused-ring (bicyclic) bond motifs is 1. The molecule has 1 N–H and O–H groups in total. The summed E-state index contributed by atoms with van der Waals surface area (Å²) >= 11 is 0. The van der Waals surface area contributed by atoms with Gasteiger partial charge in [0.05, 0.1) is 24.9 Å². The molecule has 1 aliphatic heterocycles. The molecule has 0 bridgehead atoms. The highest BCUT2D eigenvalue weighted by Crippen LogP contribution is 2.43. The highest BCUT2D eigenvalue weighted by atomic mass is 16.7. The molecule has 6 heteroatoms. The van der Waals surface area contributed by atoms with Gasteiger partial charge in [-0.1, -0.05) is 37.8 Å². The zero-order chi connectivity index (χ0) is 17.5. The Morgan fingerprint density at radius 3 is 2.83 bits per heavy atom. The Balaban J connectivity index is 1.91. The minimum absolute atomic E-state index is 0.0615. The molecule has 3 unspecified atom stereocenters. The molecule has 1 amide bonds. The van der Waals surface area contributed by atoms with Crippen LogP contribution in [0.1, 0.15) is 46.0 Å². The molecule has 6 nitrogen and oxygen atoms in total. The number of allylic oxidation sites excluding steroid dienone is 1. The largest absolute Gasteiger partial charge is 0.466 e. The maximum Gasteiger partial charge on any atom is 0.410 e. The third kappa shape index (κ3) is 4.30. The molecule has 3 atom stereocenters. The van der Waals surface area contributed by atoms with Gasteiger partial charge in [0.1, 0.15) is 0 Å². The van der Waals surface area contributed by atoms with E-state index in [1.807, 2.05) is 6.92 Å². The molecule has 2 rings (SSSR count). The van der Waals surface area contributed by atoms with Crippen molar-refractivity contribution in [2.24, 2.45) is 11.8 Å². The highest BCUT2D eigenvalue weighted by Gasteiger charge is 2.44. The smallest absolute Gasteiger partial charge is 0.410 e. The quantitative estimate of drug-likeness (QED) is 0.438. The molecule has 0 aromatic rings. The number of esters is 1. The highest BCUT2D eigenvalue weighted by molar-refractivity contribution is 5.89. The van der Waals surface area contributed by atoms with Crippen molar-refractivity contribution in [2.45, 2.75) is 52.2 Å². The first-order chi connectivity index (χ1) is 11.6. The third-order valence-electron chi connectivity index (χ3n) is 4.62. The SMILES string of the molecule is CCCCCCNC(=O)OC1OC=C(C(=O)OC)C2CC=C(C)C12. The normalized spacial score (nSPS) is 25.0. The van der Waals surface area contributed by atoms with Crippen LogP contribution in [0, 0.1) is 11.8 Å². The Hall–Kier alpha value is -1.98. The van der Waals surface area contributed by atoms with E-state index in [4.69, 9.17) is 14.2 Å². The summed E-state index contributed by atoms with van der Waals surface area (Å²) < 4.78 is 15.8. The number of carbonyl (C=O) groups is 2. The fourth-order valence-electron chi connectivity index (χ4n) is 3.26. The zero-order valence-corrected chi connectivity index (χ0v) is 14.7. The second kappa shape index (κ2) is 8.76. The second-order valence-electron chi connectivity index (χ2n) is 6.28. The van der Waals surface area contributed by atoms with Gasteiger partial charge in [-0.2, -0.15) is 0 Å². The number of alkyl carbamates (subject to hydrolysis) is 1. The predicted octanol–water partition coefficient (Wildman–Crippen LogP) is 3.29. The van der Waals surface area contributed by atoms with E-state index in [0.717, 1.165) is 37.7 Å². The fourth-order valence-corrected chi connectivity index (χ4v) is 3.26. The average molecular weight is 337 g/mol. The van der Waals surface area contributed by atoms with Crippen molar-refractivity contribution in [3.63, 3.8) is 0 Å². The summed E-state index contributed by atoms with van der Waals surface area (Å²) in [5, 5.41) is 2.76. The van der Waals surface area contributed by atoms with E-state index in [9.17, 15) is 9.59 Å². The standard InChI is InChI=1S/C18H27NO5/c1-4-5-6-7-10-19-18(21)24-17-15-12(2)8-9-13(15)14(11-23-17)16(20)22-3/h8,11,13,15,17H,4-7,9-10H2,1-3H3,(H,19,21). The lowest BCUT2D eigenvalue weighted by atomic mass is 9.84. The lowest BCUT2D eigenvalue weighted by molar-refractivity contribution is -0.141. The number of hydrogen-bond donors (Lipinski definition) is 1. The summed E-state index contributed by atoms with van der Waals surface area (Å²) in [4.78, 5) is 23.8. The van der Waals surface area contributed by atoms with Gasteiger partial charge in [-0.3, -0.25) is 0 Å². The van der Waals surface area contributed by atoms with Gasteiger partial charge < -0.3 is 19.5 Å². The van der Waals surface area contributed by atoms with Crippen LogP contribution in [0.3, 0.4) is 0 Å². The topological polar surface area (TPSA) is 73.9 Å². The van der Waals surface area contributed by atoms with E-state index in [2.05, 4.69) is 18.3 Å². The number of hydrogen-bond acceptors (Lipinski definition) is 5. The lowest BCUT2D eigenvalue weighted by Crippen LogP contribution is -2.40. The molecule has 1 aliphatic carbocycles. The van der Waals surface area contributed by atoms with Gasteiger partial charge in [0.25, 0.3) is 6.29 Å². The molecule has 0 fully saturated rings. The first kappa shape index (κ1) is 18.4. The van der Waals surface area contributed by atoms with Crippen molar-refractivity contribution in [3.05, 3.63) is 23.5 Å². The summed E-state index contributed by atoms with van der Waals surface area (Å²) in [5.74, 6) is -0.601. The Kier molecular flexibility index (Phi) is 6.70. The fraction of sp³-hybridized carbons (Fsp3) is 0.667. The molecule has 0 aromatic heterocycles. The van der Waals surface area contributed by atoms with E-state index in [1.165, 1.54) is 13.4 Å². The monoisotopic (exact) mass is 337 g/mol. The van der Waals surface area contributed by atoms with Crippen LogP contribution >= 0.6 is 0 Å². The van der Waals surface area contributed by atoms with Crippen LogP contribution in [0.4, 0.5) is 4.79 Å². The third-order valence-corrected chi connectivity index (χ3v) is 4.62. The second-order valence-corrected chi connectivity index (χ2v) is 6.28. The van der Waals surface area contributed by atoms with E-state index in [1.54, 1.807) is 0 Å². The van der Waals surface area contributed by atoms with Crippen LogP contribution in [-0.2, 0) is 19.0 Å². The van der Waals surface area contributed by atoms with Gasteiger partial charge in [0, 0.05) is 12.5 Å². The molecular formula is C18H27NO5.